The maximum atomic E-state index is 13.5. The second kappa shape index (κ2) is 6.38. The molecule has 2 rings (SSSR count). The molecule has 0 fully saturated rings. The molecule has 2 aromatic carbocycles. The van der Waals surface area contributed by atoms with E-state index in [0.717, 1.165) is 5.56 Å². The zero-order valence-electron chi connectivity index (χ0n) is 10.1. The Bertz CT molecular complexity index is 572. The Morgan fingerprint density at radius 2 is 1.74 bits per heavy atom. The van der Waals surface area contributed by atoms with Gasteiger partial charge in [0.2, 0.25) is 0 Å². The van der Waals surface area contributed by atoms with Crippen LogP contribution in [-0.2, 0) is 12.8 Å². The summed E-state index contributed by atoms with van der Waals surface area (Å²) in [5.74, 6) is -0.352. The average molecular weight is 299 g/mol. The van der Waals surface area contributed by atoms with Gasteiger partial charge in [-0.05, 0) is 47.9 Å². The zero-order chi connectivity index (χ0) is 13.8. The van der Waals surface area contributed by atoms with Gasteiger partial charge in [0.05, 0.1) is 6.10 Å². The van der Waals surface area contributed by atoms with E-state index in [1.54, 1.807) is 12.1 Å². The Morgan fingerprint density at radius 3 is 2.47 bits per heavy atom. The van der Waals surface area contributed by atoms with Crippen molar-refractivity contribution >= 4 is 23.2 Å². The smallest absolute Gasteiger partial charge is 0.126 e. The fourth-order valence-electron chi connectivity index (χ4n) is 1.96. The van der Waals surface area contributed by atoms with Crippen molar-refractivity contribution in [2.24, 2.45) is 0 Å². The molecule has 0 spiro atoms. The van der Waals surface area contributed by atoms with Crippen LogP contribution >= 0.6 is 23.2 Å². The molecule has 1 N–H and O–H groups in total. The number of hydrogen-bond donors (Lipinski definition) is 1. The van der Waals surface area contributed by atoms with Crippen LogP contribution < -0.4 is 0 Å². The van der Waals surface area contributed by atoms with E-state index in [4.69, 9.17) is 23.2 Å². The van der Waals surface area contributed by atoms with Crippen molar-refractivity contribution in [2.75, 3.05) is 0 Å². The van der Waals surface area contributed by atoms with Crippen molar-refractivity contribution in [2.45, 2.75) is 18.9 Å². The second-order valence-electron chi connectivity index (χ2n) is 4.43. The molecule has 4 heteroatoms. The van der Waals surface area contributed by atoms with Crippen LogP contribution in [0.1, 0.15) is 11.1 Å². The minimum atomic E-state index is -0.675. The molecule has 0 heterocycles. The van der Waals surface area contributed by atoms with Crippen molar-refractivity contribution in [3.05, 3.63) is 69.5 Å². The summed E-state index contributed by atoms with van der Waals surface area (Å²) in [5.41, 5.74) is 1.34. The normalized spacial score (nSPS) is 12.4. The van der Waals surface area contributed by atoms with Crippen LogP contribution in [0.2, 0.25) is 10.0 Å². The summed E-state index contributed by atoms with van der Waals surface area (Å²) in [6.45, 7) is 0. The number of aliphatic hydroxyl groups excluding tert-OH is 1. The summed E-state index contributed by atoms with van der Waals surface area (Å²) in [5, 5.41) is 11.1. The highest BCUT2D eigenvalue weighted by Gasteiger charge is 2.11. The third kappa shape index (κ3) is 4.20. The highest BCUT2D eigenvalue weighted by molar-refractivity contribution is 6.30. The lowest BCUT2D eigenvalue weighted by atomic mass is 10.0. The van der Waals surface area contributed by atoms with E-state index in [1.165, 1.54) is 18.2 Å². The fourth-order valence-corrected chi connectivity index (χ4v) is 2.37. The van der Waals surface area contributed by atoms with Crippen LogP contribution in [-0.4, -0.2) is 11.2 Å². The Labute approximate surface area is 121 Å². The van der Waals surface area contributed by atoms with Crippen LogP contribution in [0.3, 0.4) is 0 Å². The average Bonchev–Trinajstić information content (AvgIpc) is 2.34. The Hall–Kier alpha value is -1.09. The molecule has 0 aromatic heterocycles. The molecule has 1 atom stereocenters. The molecular formula is C15H13Cl2FO. The van der Waals surface area contributed by atoms with Gasteiger partial charge in [0, 0.05) is 16.5 Å². The van der Waals surface area contributed by atoms with Gasteiger partial charge in [-0.3, -0.25) is 0 Å². The van der Waals surface area contributed by atoms with E-state index >= 15 is 0 Å². The first-order valence-corrected chi connectivity index (χ1v) is 6.66. The molecule has 2 aromatic rings. The lowest BCUT2D eigenvalue weighted by Gasteiger charge is -2.12. The van der Waals surface area contributed by atoms with Gasteiger partial charge in [0.1, 0.15) is 5.82 Å². The molecule has 0 saturated carbocycles. The van der Waals surface area contributed by atoms with E-state index in [1.807, 2.05) is 12.1 Å². The van der Waals surface area contributed by atoms with Crippen molar-refractivity contribution in [1.82, 2.24) is 0 Å². The lowest BCUT2D eigenvalue weighted by molar-refractivity contribution is 0.174. The standard InChI is InChI=1S/C15H13Cl2FO/c16-12-3-1-2-10(6-12)7-14(19)9-11-8-13(17)4-5-15(11)18/h1-6,8,14,19H,7,9H2. The van der Waals surface area contributed by atoms with E-state index in [2.05, 4.69) is 0 Å². The summed E-state index contributed by atoms with van der Waals surface area (Å²) in [6, 6.07) is 11.6. The second-order valence-corrected chi connectivity index (χ2v) is 5.30. The van der Waals surface area contributed by atoms with Crippen LogP contribution in [0.5, 0.6) is 0 Å². The van der Waals surface area contributed by atoms with E-state index in [-0.39, 0.29) is 12.2 Å². The molecule has 100 valence electrons. The zero-order valence-corrected chi connectivity index (χ0v) is 11.6. The van der Waals surface area contributed by atoms with Gasteiger partial charge in [0.25, 0.3) is 0 Å². The molecule has 0 bridgehead atoms. The molecule has 0 aliphatic heterocycles. The van der Waals surface area contributed by atoms with E-state index < -0.39 is 6.10 Å². The SMILES string of the molecule is OC(Cc1cccc(Cl)c1)Cc1cc(Cl)ccc1F. The summed E-state index contributed by atoms with van der Waals surface area (Å²) >= 11 is 11.7. The topological polar surface area (TPSA) is 20.2 Å². The van der Waals surface area contributed by atoms with Crippen molar-refractivity contribution in [3.8, 4) is 0 Å². The molecule has 0 aliphatic rings. The van der Waals surface area contributed by atoms with E-state index in [9.17, 15) is 9.50 Å². The predicted octanol–water partition coefficient (Wildman–Crippen LogP) is 4.28. The van der Waals surface area contributed by atoms with Gasteiger partial charge in [-0.1, -0.05) is 35.3 Å². The molecule has 0 saturated heterocycles. The number of halogens is 3. The quantitative estimate of drug-likeness (QED) is 0.893. The monoisotopic (exact) mass is 298 g/mol. The minimum absolute atomic E-state index is 0.221. The van der Waals surface area contributed by atoms with Gasteiger partial charge in [0.15, 0.2) is 0 Å². The maximum Gasteiger partial charge on any atom is 0.126 e. The Balaban J connectivity index is 2.05. The molecule has 0 amide bonds. The molecule has 0 aliphatic carbocycles. The van der Waals surface area contributed by atoms with Gasteiger partial charge >= 0.3 is 0 Å². The minimum Gasteiger partial charge on any atom is -0.392 e. The highest BCUT2D eigenvalue weighted by Crippen LogP contribution is 2.18. The third-order valence-corrected chi connectivity index (χ3v) is 3.29. The molecule has 1 unspecified atom stereocenters. The maximum absolute atomic E-state index is 13.5. The van der Waals surface area contributed by atoms with Gasteiger partial charge in [-0.2, -0.15) is 0 Å². The number of hydrogen-bond acceptors (Lipinski definition) is 1. The first-order chi connectivity index (χ1) is 9.04. The van der Waals surface area contributed by atoms with Crippen molar-refractivity contribution in [3.63, 3.8) is 0 Å². The number of benzene rings is 2. The Morgan fingerprint density at radius 1 is 1.00 bits per heavy atom. The van der Waals surface area contributed by atoms with Gasteiger partial charge in [-0.25, -0.2) is 4.39 Å². The molecule has 0 radical (unpaired) electrons. The summed E-state index contributed by atoms with van der Waals surface area (Å²) < 4.78 is 13.5. The lowest BCUT2D eigenvalue weighted by Crippen LogP contribution is -2.14. The van der Waals surface area contributed by atoms with Crippen LogP contribution in [0.25, 0.3) is 0 Å². The van der Waals surface area contributed by atoms with Crippen molar-refractivity contribution < 1.29 is 9.50 Å². The third-order valence-electron chi connectivity index (χ3n) is 2.82. The first-order valence-electron chi connectivity index (χ1n) is 5.91. The summed E-state index contributed by atoms with van der Waals surface area (Å²) in [6.07, 6.45) is -0.0303. The fraction of sp³-hybridized carbons (Fsp3) is 0.200. The van der Waals surface area contributed by atoms with Crippen LogP contribution in [0.15, 0.2) is 42.5 Å². The predicted molar refractivity (Wildman–Crippen MR) is 76.3 cm³/mol. The number of aliphatic hydroxyl groups is 1. The number of rotatable bonds is 4. The first kappa shape index (κ1) is 14.3. The summed E-state index contributed by atoms with van der Waals surface area (Å²) in [4.78, 5) is 0. The van der Waals surface area contributed by atoms with Gasteiger partial charge in [-0.15, -0.1) is 0 Å². The Kier molecular flexibility index (Phi) is 4.81. The molecule has 19 heavy (non-hydrogen) atoms. The molecular weight excluding hydrogens is 286 g/mol. The largest absolute Gasteiger partial charge is 0.392 e. The van der Waals surface area contributed by atoms with Gasteiger partial charge < -0.3 is 5.11 Å². The van der Waals surface area contributed by atoms with Crippen molar-refractivity contribution in [1.29, 1.82) is 0 Å². The van der Waals surface area contributed by atoms with Crippen LogP contribution in [0.4, 0.5) is 4.39 Å². The summed E-state index contributed by atoms with van der Waals surface area (Å²) in [7, 11) is 0. The highest BCUT2D eigenvalue weighted by atomic mass is 35.5. The van der Waals surface area contributed by atoms with Crippen LogP contribution in [0, 0.1) is 5.82 Å². The van der Waals surface area contributed by atoms with E-state index in [0.29, 0.717) is 22.0 Å². The molecule has 1 nitrogen and oxygen atoms in total.